The van der Waals surface area contributed by atoms with E-state index in [1.54, 1.807) is 10.7 Å². The SMILES string of the molecule is CCc1ccc(CN2C3CC2CN(c2ccc(-c4cc(C)cn5ncc(C#N)c45)cn2)C3)cc1. The number of anilines is 1. The van der Waals surface area contributed by atoms with Crippen LogP contribution < -0.4 is 4.90 Å². The lowest BCUT2D eigenvalue weighted by Gasteiger charge is -2.56. The molecule has 3 aliphatic rings. The summed E-state index contributed by atoms with van der Waals surface area (Å²) in [4.78, 5) is 9.91. The molecule has 7 rings (SSSR count). The summed E-state index contributed by atoms with van der Waals surface area (Å²) in [7, 11) is 0. The van der Waals surface area contributed by atoms with Crippen molar-refractivity contribution in [2.24, 2.45) is 0 Å². The van der Waals surface area contributed by atoms with Crippen LogP contribution in [0.5, 0.6) is 0 Å². The van der Waals surface area contributed by atoms with Gasteiger partial charge in [0, 0.05) is 55.2 Å². The molecule has 2 bridgehead atoms. The van der Waals surface area contributed by atoms with Gasteiger partial charge in [-0.15, -0.1) is 0 Å². The van der Waals surface area contributed by atoms with Gasteiger partial charge < -0.3 is 4.90 Å². The normalized spacial score (nSPS) is 19.7. The van der Waals surface area contributed by atoms with Gasteiger partial charge in [0.25, 0.3) is 0 Å². The van der Waals surface area contributed by atoms with Gasteiger partial charge in [0.1, 0.15) is 11.9 Å². The van der Waals surface area contributed by atoms with Crippen molar-refractivity contribution in [3.05, 3.63) is 83.3 Å². The van der Waals surface area contributed by atoms with Crippen LogP contribution in [0.4, 0.5) is 5.82 Å². The smallest absolute Gasteiger partial charge is 0.128 e. The molecular formula is C28H28N6. The minimum atomic E-state index is 0.583. The summed E-state index contributed by atoms with van der Waals surface area (Å²) in [6.07, 6.45) is 7.88. The fourth-order valence-electron chi connectivity index (χ4n) is 5.51. The van der Waals surface area contributed by atoms with Crippen LogP contribution in [0.15, 0.2) is 61.1 Å². The zero-order valence-corrected chi connectivity index (χ0v) is 19.6. The third-order valence-corrected chi connectivity index (χ3v) is 7.39. The fraction of sp³-hybridized carbons (Fsp3) is 0.321. The number of benzene rings is 1. The van der Waals surface area contributed by atoms with E-state index in [4.69, 9.17) is 4.98 Å². The Bertz CT molecular complexity index is 1370. The van der Waals surface area contributed by atoms with Gasteiger partial charge in [-0.1, -0.05) is 31.2 Å². The van der Waals surface area contributed by atoms with Crippen molar-refractivity contribution >= 4 is 11.3 Å². The molecule has 34 heavy (non-hydrogen) atoms. The van der Waals surface area contributed by atoms with Crippen molar-refractivity contribution in [2.45, 2.75) is 45.3 Å². The third-order valence-electron chi connectivity index (χ3n) is 7.39. The van der Waals surface area contributed by atoms with Crippen LogP contribution in [-0.2, 0) is 13.0 Å². The predicted molar refractivity (Wildman–Crippen MR) is 134 cm³/mol. The highest BCUT2D eigenvalue weighted by molar-refractivity contribution is 5.84. The molecule has 3 saturated heterocycles. The quantitative estimate of drug-likeness (QED) is 0.447. The maximum Gasteiger partial charge on any atom is 0.128 e. The van der Waals surface area contributed by atoms with Crippen molar-refractivity contribution in [3.8, 4) is 17.2 Å². The molecule has 170 valence electrons. The van der Waals surface area contributed by atoms with Gasteiger partial charge in [0.05, 0.1) is 17.3 Å². The van der Waals surface area contributed by atoms with E-state index in [2.05, 4.69) is 70.4 Å². The maximum atomic E-state index is 9.52. The fourth-order valence-corrected chi connectivity index (χ4v) is 5.51. The number of pyridine rings is 2. The van der Waals surface area contributed by atoms with Crippen LogP contribution >= 0.6 is 0 Å². The standard InChI is InChI=1S/C28H28N6/c1-3-20-4-6-21(7-5-20)16-33-24-11-25(33)18-32(17-24)27-9-8-22(13-30-27)26-10-19(2)15-34-28(26)23(12-29)14-31-34/h4-10,13-15,24-25H,3,11,16-18H2,1-2H3. The molecule has 0 spiro atoms. The lowest BCUT2D eigenvalue weighted by Crippen LogP contribution is -2.68. The first kappa shape index (κ1) is 20.9. The van der Waals surface area contributed by atoms with E-state index in [-0.39, 0.29) is 0 Å². The highest BCUT2D eigenvalue weighted by Gasteiger charge is 2.44. The average Bonchev–Trinajstić information content (AvgIpc) is 3.30. The second-order valence-electron chi connectivity index (χ2n) is 9.59. The molecular weight excluding hydrogens is 420 g/mol. The van der Waals surface area contributed by atoms with Crippen LogP contribution in [0, 0.1) is 18.3 Å². The highest BCUT2D eigenvalue weighted by atomic mass is 15.4. The lowest BCUT2D eigenvalue weighted by atomic mass is 9.86. The molecule has 1 aromatic carbocycles. The van der Waals surface area contributed by atoms with Gasteiger partial charge in [-0.3, -0.25) is 4.90 Å². The summed E-state index contributed by atoms with van der Waals surface area (Å²) in [6.45, 7) is 7.32. The minimum absolute atomic E-state index is 0.583. The number of nitriles is 1. The monoisotopic (exact) mass is 448 g/mol. The zero-order valence-electron chi connectivity index (χ0n) is 19.6. The number of hydrogen-bond donors (Lipinski definition) is 0. The Morgan fingerprint density at radius 3 is 2.47 bits per heavy atom. The van der Waals surface area contributed by atoms with Crippen molar-refractivity contribution in [2.75, 3.05) is 18.0 Å². The zero-order chi connectivity index (χ0) is 23.2. The Morgan fingerprint density at radius 2 is 1.79 bits per heavy atom. The molecule has 3 aromatic heterocycles. The van der Waals surface area contributed by atoms with E-state index in [1.807, 2.05) is 19.3 Å². The summed E-state index contributed by atoms with van der Waals surface area (Å²) in [6, 6.07) is 18.9. The Balaban J connectivity index is 1.18. The van der Waals surface area contributed by atoms with E-state index in [9.17, 15) is 5.26 Å². The molecule has 0 N–H and O–H groups in total. The number of fused-ring (bicyclic) bond motifs is 3. The minimum Gasteiger partial charge on any atom is -0.353 e. The molecule has 4 aromatic rings. The molecule has 0 radical (unpaired) electrons. The molecule has 6 nitrogen and oxygen atoms in total. The molecule has 0 amide bonds. The van der Waals surface area contributed by atoms with Crippen LogP contribution in [0.2, 0.25) is 0 Å². The molecule has 6 heteroatoms. The summed E-state index contributed by atoms with van der Waals surface area (Å²) < 4.78 is 1.79. The molecule has 3 fully saturated rings. The number of piperazine rings is 1. The number of rotatable bonds is 5. The van der Waals surface area contributed by atoms with Crippen LogP contribution in [-0.4, -0.2) is 44.7 Å². The van der Waals surface area contributed by atoms with Gasteiger partial charge in [-0.25, -0.2) is 9.50 Å². The molecule has 6 heterocycles. The molecule has 0 saturated carbocycles. The Hall–Kier alpha value is -3.69. The van der Waals surface area contributed by atoms with Gasteiger partial charge in [-0.05, 0) is 54.7 Å². The van der Waals surface area contributed by atoms with E-state index in [0.29, 0.717) is 17.6 Å². The van der Waals surface area contributed by atoms with E-state index >= 15 is 0 Å². The van der Waals surface area contributed by atoms with Crippen LogP contribution in [0.1, 0.15) is 35.6 Å². The summed E-state index contributed by atoms with van der Waals surface area (Å²) in [5.41, 5.74) is 7.33. The van der Waals surface area contributed by atoms with Gasteiger partial charge in [-0.2, -0.15) is 10.4 Å². The second kappa shape index (κ2) is 8.27. The maximum absolute atomic E-state index is 9.52. The van der Waals surface area contributed by atoms with Crippen molar-refractivity contribution in [1.82, 2.24) is 19.5 Å². The van der Waals surface area contributed by atoms with E-state index < -0.39 is 0 Å². The molecule has 3 aliphatic heterocycles. The first-order chi connectivity index (χ1) is 16.6. The lowest BCUT2D eigenvalue weighted by molar-refractivity contribution is -0.00868. The number of aryl methyl sites for hydroxylation is 2. The average molecular weight is 449 g/mol. The van der Waals surface area contributed by atoms with Crippen LogP contribution in [0.3, 0.4) is 0 Å². The van der Waals surface area contributed by atoms with Crippen molar-refractivity contribution < 1.29 is 0 Å². The number of aromatic nitrogens is 3. The number of piperidine rings is 1. The Labute approximate surface area is 200 Å². The Morgan fingerprint density at radius 1 is 1.03 bits per heavy atom. The van der Waals surface area contributed by atoms with Gasteiger partial charge >= 0.3 is 0 Å². The Kier molecular flexibility index (Phi) is 5.08. The van der Waals surface area contributed by atoms with Crippen molar-refractivity contribution in [1.29, 1.82) is 5.26 Å². The summed E-state index contributed by atoms with van der Waals surface area (Å²) in [5, 5.41) is 13.9. The number of hydrogen-bond acceptors (Lipinski definition) is 5. The van der Waals surface area contributed by atoms with Gasteiger partial charge in [0.15, 0.2) is 0 Å². The van der Waals surface area contributed by atoms with Crippen LogP contribution in [0.25, 0.3) is 16.6 Å². The summed E-state index contributed by atoms with van der Waals surface area (Å²) >= 11 is 0. The molecule has 2 atom stereocenters. The van der Waals surface area contributed by atoms with Gasteiger partial charge in [0.2, 0.25) is 0 Å². The second-order valence-corrected chi connectivity index (χ2v) is 9.59. The number of nitrogens with zero attached hydrogens (tertiary/aromatic N) is 6. The largest absolute Gasteiger partial charge is 0.353 e. The first-order valence-corrected chi connectivity index (χ1v) is 12.1. The topological polar surface area (TPSA) is 60.5 Å². The molecule has 0 aliphatic carbocycles. The first-order valence-electron chi connectivity index (χ1n) is 12.1. The predicted octanol–water partition coefficient (Wildman–Crippen LogP) is 4.60. The molecule has 2 unspecified atom stereocenters. The van der Waals surface area contributed by atoms with Crippen molar-refractivity contribution in [3.63, 3.8) is 0 Å². The van der Waals surface area contributed by atoms with E-state index in [0.717, 1.165) is 54.1 Å². The highest BCUT2D eigenvalue weighted by Crippen LogP contribution is 2.36. The summed E-state index contributed by atoms with van der Waals surface area (Å²) in [5.74, 6) is 1.03. The van der Waals surface area contributed by atoms with E-state index in [1.165, 1.54) is 17.5 Å². The third kappa shape index (κ3) is 3.53.